The number of methoxy groups -OCH3 is 2. The molecule has 27 heavy (non-hydrogen) atoms. The van der Waals surface area contributed by atoms with Gasteiger partial charge in [-0.1, -0.05) is 49.4 Å². The van der Waals surface area contributed by atoms with E-state index in [2.05, 4.69) is 0 Å². The van der Waals surface area contributed by atoms with E-state index >= 15 is 0 Å². The Labute approximate surface area is 158 Å². The minimum atomic E-state index is -0.937. The highest BCUT2D eigenvalue weighted by molar-refractivity contribution is 5.95. The van der Waals surface area contributed by atoms with Gasteiger partial charge < -0.3 is 14.2 Å². The Morgan fingerprint density at radius 1 is 1.07 bits per heavy atom. The van der Waals surface area contributed by atoms with Gasteiger partial charge in [-0.05, 0) is 35.8 Å². The van der Waals surface area contributed by atoms with E-state index in [0.717, 1.165) is 16.9 Å². The van der Waals surface area contributed by atoms with Crippen LogP contribution in [0.4, 0.5) is 0 Å². The molecule has 0 spiro atoms. The minimum Gasteiger partial charge on any atom is -0.497 e. The Kier molecular flexibility index (Phi) is 5.31. The van der Waals surface area contributed by atoms with Crippen LogP contribution < -0.4 is 4.74 Å². The van der Waals surface area contributed by atoms with Crippen molar-refractivity contribution in [2.75, 3.05) is 14.2 Å². The van der Waals surface area contributed by atoms with Crippen molar-refractivity contribution in [3.63, 3.8) is 0 Å². The molecule has 0 bridgehead atoms. The summed E-state index contributed by atoms with van der Waals surface area (Å²) in [6.45, 7) is 1.95. The zero-order valence-electron chi connectivity index (χ0n) is 15.6. The number of hydrogen-bond acceptors (Lipinski definition) is 5. The molecule has 3 rings (SSSR count). The number of rotatable bonds is 5. The Bertz CT molecular complexity index is 854. The van der Waals surface area contributed by atoms with Gasteiger partial charge in [0, 0.05) is 5.92 Å². The predicted molar refractivity (Wildman–Crippen MR) is 100 cm³/mol. The quantitative estimate of drug-likeness (QED) is 0.755. The third-order valence-corrected chi connectivity index (χ3v) is 5.12. The molecule has 1 aliphatic rings. The minimum absolute atomic E-state index is 0.0803. The van der Waals surface area contributed by atoms with Crippen molar-refractivity contribution in [2.45, 2.75) is 24.7 Å². The molecule has 1 heterocycles. The van der Waals surface area contributed by atoms with Gasteiger partial charge in [-0.25, -0.2) is 4.79 Å². The fourth-order valence-electron chi connectivity index (χ4n) is 3.65. The molecule has 0 N–H and O–H groups in total. The van der Waals surface area contributed by atoms with Crippen molar-refractivity contribution in [1.82, 2.24) is 0 Å². The number of benzene rings is 2. The van der Waals surface area contributed by atoms with Gasteiger partial charge in [-0.15, -0.1) is 0 Å². The first kappa shape index (κ1) is 18.7. The number of ether oxygens (including phenoxy) is 3. The van der Waals surface area contributed by atoms with Gasteiger partial charge >= 0.3 is 11.9 Å². The van der Waals surface area contributed by atoms with Crippen LogP contribution in [0.5, 0.6) is 5.75 Å². The highest BCUT2D eigenvalue weighted by Crippen LogP contribution is 2.47. The molecule has 5 nitrogen and oxygen atoms in total. The molecule has 0 saturated heterocycles. The maximum Gasteiger partial charge on any atom is 0.373 e. The summed E-state index contributed by atoms with van der Waals surface area (Å²) in [7, 11) is 2.86. The van der Waals surface area contributed by atoms with Gasteiger partial charge in [0.25, 0.3) is 0 Å². The Morgan fingerprint density at radius 2 is 1.74 bits per heavy atom. The van der Waals surface area contributed by atoms with Crippen LogP contribution in [-0.2, 0) is 24.5 Å². The van der Waals surface area contributed by atoms with Crippen molar-refractivity contribution in [3.8, 4) is 5.75 Å². The summed E-state index contributed by atoms with van der Waals surface area (Å²) in [6, 6.07) is 17.0. The molecule has 2 atom stereocenters. The van der Waals surface area contributed by atoms with Crippen LogP contribution in [0, 0.1) is 0 Å². The molecule has 140 valence electrons. The van der Waals surface area contributed by atoms with Crippen molar-refractivity contribution in [3.05, 3.63) is 77.6 Å². The second-order valence-electron chi connectivity index (χ2n) is 6.35. The highest BCUT2D eigenvalue weighted by Gasteiger charge is 2.51. The second kappa shape index (κ2) is 7.66. The fourth-order valence-corrected chi connectivity index (χ4v) is 3.65. The Morgan fingerprint density at radius 3 is 2.30 bits per heavy atom. The summed E-state index contributed by atoms with van der Waals surface area (Å²) >= 11 is 0. The third kappa shape index (κ3) is 3.21. The van der Waals surface area contributed by atoms with Crippen LogP contribution in [0.25, 0.3) is 0 Å². The molecule has 1 aliphatic heterocycles. The summed E-state index contributed by atoms with van der Waals surface area (Å²) in [4.78, 5) is 25.2. The van der Waals surface area contributed by atoms with Crippen molar-refractivity contribution < 1.29 is 23.8 Å². The topological polar surface area (TPSA) is 61.8 Å². The smallest absolute Gasteiger partial charge is 0.373 e. The molecule has 0 saturated carbocycles. The normalized spacial score (nSPS) is 21.8. The molecule has 0 aromatic heterocycles. The van der Waals surface area contributed by atoms with Crippen LogP contribution in [0.15, 0.2) is 66.4 Å². The van der Waals surface area contributed by atoms with Crippen LogP contribution in [0.1, 0.15) is 30.4 Å². The average molecular weight is 366 g/mol. The molecule has 0 unspecified atom stereocenters. The number of cyclic esters (lactones) is 1. The molecule has 0 fully saturated rings. The first-order valence-corrected chi connectivity index (χ1v) is 8.78. The van der Waals surface area contributed by atoms with Crippen molar-refractivity contribution in [2.24, 2.45) is 0 Å². The molecular weight excluding hydrogens is 344 g/mol. The van der Waals surface area contributed by atoms with E-state index in [-0.39, 0.29) is 11.7 Å². The molecule has 0 aliphatic carbocycles. The zero-order chi connectivity index (χ0) is 19.4. The Hall–Kier alpha value is -3.08. The summed E-state index contributed by atoms with van der Waals surface area (Å²) < 4.78 is 15.4. The maximum absolute atomic E-state index is 13.2. The highest BCUT2D eigenvalue weighted by atomic mass is 16.6. The van der Waals surface area contributed by atoms with Gasteiger partial charge in [-0.3, -0.25) is 4.79 Å². The predicted octanol–water partition coefficient (Wildman–Crippen LogP) is 3.74. The SMILES string of the molecule is CC[C@@]1(c2ccccc2)C(=O)OC(C(=O)OC)=C[C@@H]1c1ccc(OC)cc1. The van der Waals surface area contributed by atoms with Crippen LogP contribution in [-0.4, -0.2) is 26.2 Å². The summed E-state index contributed by atoms with van der Waals surface area (Å²) in [5, 5.41) is 0. The van der Waals surface area contributed by atoms with E-state index in [0.29, 0.717) is 6.42 Å². The van der Waals surface area contributed by atoms with Crippen molar-refractivity contribution in [1.29, 1.82) is 0 Å². The van der Waals surface area contributed by atoms with Crippen LogP contribution >= 0.6 is 0 Å². The maximum atomic E-state index is 13.2. The van der Waals surface area contributed by atoms with E-state index in [1.165, 1.54) is 7.11 Å². The number of hydrogen-bond donors (Lipinski definition) is 0. The van der Waals surface area contributed by atoms with Gasteiger partial charge in [0.1, 0.15) is 11.2 Å². The van der Waals surface area contributed by atoms with Gasteiger partial charge in [0.15, 0.2) is 0 Å². The average Bonchev–Trinajstić information content (AvgIpc) is 2.73. The van der Waals surface area contributed by atoms with Gasteiger partial charge in [-0.2, -0.15) is 0 Å². The lowest BCUT2D eigenvalue weighted by atomic mass is 9.64. The van der Waals surface area contributed by atoms with E-state index in [9.17, 15) is 9.59 Å². The van der Waals surface area contributed by atoms with Crippen LogP contribution in [0.2, 0.25) is 0 Å². The van der Waals surface area contributed by atoms with E-state index in [1.54, 1.807) is 13.2 Å². The van der Waals surface area contributed by atoms with Gasteiger partial charge in [0.2, 0.25) is 5.76 Å². The number of carbonyl (C=O) groups excluding carboxylic acids is 2. The lowest BCUT2D eigenvalue weighted by Crippen LogP contribution is -2.45. The van der Waals surface area contributed by atoms with Crippen LogP contribution in [0.3, 0.4) is 0 Å². The summed E-state index contributed by atoms with van der Waals surface area (Å²) in [5.41, 5.74) is 0.797. The van der Waals surface area contributed by atoms with E-state index in [4.69, 9.17) is 14.2 Å². The van der Waals surface area contributed by atoms with E-state index < -0.39 is 17.4 Å². The lowest BCUT2D eigenvalue weighted by molar-refractivity contribution is -0.156. The van der Waals surface area contributed by atoms with Crippen molar-refractivity contribution >= 4 is 11.9 Å². The van der Waals surface area contributed by atoms with Gasteiger partial charge in [0.05, 0.1) is 14.2 Å². The fraction of sp³-hybridized carbons (Fsp3) is 0.273. The Balaban J connectivity index is 2.21. The number of esters is 2. The lowest BCUT2D eigenvalue weighted by Gasteiger charge is -2.40. The first-order valence-electron chi connectivity index (χ1n) is 8.78. The monoisotopic (exact) mass is 366 g/mol. The molecule has 5 heteroatoms. The largest absolute Gasteiger partial charge is 0.497 e. The molecular formula is C22H22O5. The summed E-state index contributed by atoms with van der Waals surface area (Å²) in [6.07, 6.45) is 2.20. The third-order valence-electron chi connectivity index (χ3n) is 5.12. The standard InChI is InChI=1S/C22H22O5/c1-4-22(16-8-6-5-7-9-16)18(15-10-12-17(25-2)13-11-15)14-19(20(23)26-3)27-21(22)24/h5-14,18H,4H2,1-3H3/t18-,22+/m1/s1. The second-order valence-corrected chi connectivity index (χ2v) is 6.35. The number of allylic oxidation sites excluding steroid dienone is 1. The summed E-state index contributed by atoms with van der Waals surface area (Å²) in [5.74, 6) is -0.870. The molecule has 2 aromatic carbocycles. The molecule has 0 radical (unpaired) electrons. The first-order chi connectivity index (χ1) is 13.1. The van der Waals surface area contributed by atoms with E-state index in [1.807, 2.05) is 61.5 Å². The molecule has 0 amide bonds. The molecule has 2 aromatic rings. The zero-order valence-corrected chi connectivity index (χ0v) is 15.6. The number of carbonyl (C=O) groups is 2.